The number of aromatic nitrogens is 4. The Hall–Kier alpha value is -6.10. The van der Waals surface area contributed by atoms with Gasteiger partial charge in [0, 0.05) is 59.9 Å². The Balaban J connectivity index is 0.000000125. The van der Waals surface area contributed by atoms with E-state index in [4.69, 9.17) is 5.11 Å². The molecule has 61 heavy (non-hydrogen) atoms. The van der Waals surface area contributed by atoms with Crippen LogP contribution in [0.15, 0.2) is 107 Å². The van der Waals surface area contributed by atoms with E-state index in [0.717, 1.165) is 104 Å². The second kappa shape index (κ2) is 15.7. The number of carbonyl (C=O) groups excluding carboxylic acids is 1. The highest BCUT2D eigenvalue weighted by molar-refractivity contribution is 5.95. The number of para-hydroxylation sites is 2. The lowest BCUT2D eigenvalue weighted by Gasteiger charge is -2.58. The molecule has 6 aromatic rings. The number of aromatic amines is 2. The van der Waals surface area contributed by atoms with Crippen molar-refractivity contribution in [2.45, 2.75) is 88.9 Å². The average molecular weight is 817 g/mol. The highest BCUT2D eigenvalue weighted by atomic mass is 16.4. The van der Waals surface area contributed by atoms with Crippen molar-refractivity contribution >= 4 is 44.8 Å². The van der Waals surface area contributed by atoms with Gasteiger partial charge < -0.3 is 15.3 Å². The molecule has 0 bridgehead atoms. The van der Waals surface area contributed by atoms with Crippen LogP contribution in [0.4, 0.5) is 11.4 Å². The predicted molar refractivity (Wildman–Crippen MR) is 237 cm³/mol. The second-order valence-electron chi connectivity index (χ2n) is 18.8. The Morgan fingerprint density at radius 3 is 1.66 bits per heavy atom. The van der Waals surface area contributed by atoms with E-state index in [9.17, 15) is 19.2 Å². The number of anilines is 2. The van der Waals surface area contributed by atoms with Crippen molar-refractivity contribution in [3.05, 3.63) is 140 Å². The van der Waals surface area contributed by atoms with Crippen molar-refractivity contribution in [2.75, 3.05) is 23.3 Å². The summed E-state index contributed by atoms with van der Waals surface area (Å²) in [5.41, 5.74) is 7.66. The Labute approximate surface area is 354 Å². The molecule has 11 heteroatoms. The maximum absolute atomic E-state index is 12.9. The molecule has 6 aliphatic rings. The summed E-state index contributed by atoms with van der Waals surface area (Å²) in [6.45, 7) is 1.93. The maximum Gasteiger partial charge on any atom is 0.303 e. The smallest absolute Gasteiger partial charge is 0.303 e. The van der Waals surface area contributed by atoms with Crippen LogP contribution in [-0.4, -0.2) is 50.5 Å². The fourth-order valence-electron chi connectivity index (χ4n) is 12.0. The molecule has 4 aromatic carbocycles. The molecule has 11 nitrogen and oxygen atoms in total. The summed E-state index contributed by atoms with van der Waals surface area (Å²) in [5, 5.41) is 29.5. The Morgan fingerprint density at radius 2 is 1.10 bits per heavy atom. The third-order valence-corrected chi connectivity index (χ3v) is 14.7. The van der Waals surface area contributed by atoms with Crippen LogP contribution < -0.4 is 21.3 Å². The van der Waals surface area contributed by atoms with Gasteiger partial charge in [-0.2, -0.15) is 10.2 Å². The van der Waals surface area contributed by atoms with Gasteiger partial charge in [0.25, 0.3) is 11.1 Å². The molecule has 4 fully saturated rings. The number of nitrogens with one attached hydrogen (secondary N) is 3. The van der Waals surface area contributed by atoms with Crippen molar-refractivity contribution < 1.29 is 14.7 Å². The number of carbonyl (C=O) groups is 2. The molecule has 4 N–H and O–H groups in total. The SMILES string of the molecule is O=C(CC1CC2(C1)CC(c1n[nH]c(=O)c3ccccc13)C2)N1CCc2ccccc21.O=C(O)CC1CC2(C1)CC(c1n[nH]c(=O)c3ccccc13)C2.c1ccc2c(c1)CCN2. The topological polar surface area (TPSA) is 161 Å². The van der Waals surface area contributed by atoms with E-state index >= 15 is 0 Å². The molecular weight excluding hydrogens is 765 g/mol. The molecular formula is C50H52N6O5. The summed E-state index contributed by atoms with van der Waals surface area (Å²) in [6, 6.07) is 32.1. The summed E-state index contributed by atoms with van der Waals surface area (Å²) in [5.74, 6) is 1.24. The lowest BCUT2D eigenvalue weighted by molar-refractivity contribution is -0.142. The van der Waals surface area contributed by atoms with Gasteiger partial charge in [-0.05, 0) is 122 Å². The first-order chi connectivity index (χ1) is 29.6. The predicted octanol–water partition coefficient (Wildman–Crippen LogP) is 8.50. The van der Waals surface area contributed by atoms with E-state index < -0.39 is 5.97 Å². The third kappa shape index (κ3) is 7.53. The number of rotatable bonds is 6. The van der Waals surface area contributed by atoms with Crippen molar-refractivity contribution in [3.8, 4) is 0 Å². The van der Waals surface area contributed by atoms with Gasteiger partial charge in [0.15, 0.2) is 0 Å². The van der Waals surface area contributed by atoms with Crippen LogP contribution in [0.5, 0.6) is 0 Å². The summed E-state index contributed by atoms with van der Waals surface area (Å²) < 4.78 is 0. The zero-order valence-corrected chi connectivity index (χ0v) is 34.4. The number of hydrogen-bond acceptors (Lipinski definition) is 7. The Kier molecular flexibility index (Phi) is 10.1. The Morgan fingerprint density at radius 1 is 0.607 bits per heavy atom. The lowest BCUT2D eigenvalue weighted by Crippen LogP contribution is -2.48. The molecule has 4 heterocycles. The number of nitrogens with zero attached hydrogens (tertiary/aromatic N) is 3. The maximum atomic E-state index is 12.9. The van der Waals surface area contributed by atoms with Crippen LogP contribution in [0, 0.1) is 22.7 Å². The molecule has 2 aromatic heterocycles. The van der Waals surface area contributed by atoms with Crippen LogP contribution in [0.25, 0.3) is 21.5 Å². The van der Waals surface area contributed by atoms with Crippen molar-refractivity contribution in [2.24, 2.45) is 22.7 Å². The van der Waals surface area contributed by atoms with E-state index in [2.05, 4.69) is 68.2 Å². The molecule has 4 saturated carbocycles. The molecule has 0 atom stereocenters. The number of benzene rings is 4. The Bertz CT molecular complexity index is 2730. The quantitative estimate of drug-likeness (QED) is 0.130. The average Bonchev–Trinajstić information content (AvgIpc) is 3.88. The highest BCUT2D eigenvalue weighted by Crippen LogP contribution is 2.66. The molecule has 0 saturated heterocycles. The van der Waals surface area contributed by atoms with Crippen molar-refractivity contribution in [1.82, 2.24) is 20.4 Å². The molecule has 4 aliphatic carbocycles. The number of fused-ring (bicyclic) bond motifs is 4. The first-order valence-corrected chi connectivity index (χ1v) is 22.0. The lowest BCUT2D eigenvalue weighted by atomic mass is 9.47. The van der Waals surface area contributed by atoms with Gasteiger partial charge in [0.1, 0.15) is 0 Å². The van der Waals surface area contributed by atoms with Gasteiger partial charge in [-0.3, -0.25) is 19.2 Å². The van der Waals surface area contributed by atoms with E-state index in [1.807, 2.05) is 59.5 Å². The van der Waals surface area contributed by atoms with E-state index in [0.29, 0.717) is 52.7 Å². The van der Waals surface area contributed by atoms with E-state index in [-0.39, 0.29) is 17.0 Å². The van der Waals surface area contributed by atoms with Crippen LogP contribution in [0.3, 0.4) is 0 Å². The summed E-state index contributed by atoms with van der Waals surface area (Å²) in [6.07, 6.45) is 11.8. The molecule has 2 spiro atoms. The summed E-state index contributed by atoms with van der Waals surface area (Å²) in [4.78, 5) is 49.5. The first kappa shape index (κ1) is 39.1. The molecule has 2 aliphatic heterocycles. The zero-order valence-electron chi connectivity index (χ0n) is 34.4. The number of H-pyrrole nitrogens is 2. The van der Waals surface area contributed by atoms with E-state index in [1.54, 1.807) is 0 Å². The van der Waals surface area contributed by atoms with Crippen molar-refractivity contribution in [1.29, 1.82) is 0 Å². The zero-order chi connectivity index (χ0) is 41.7. The van der Waals surface area contributed by atoms with Gasteiger partial charge in [0.2, 0.25) is 5.91 Å². The third-order valence-electron chi connectivity index (χ3n) is 14.7. The minimum absolute atomic E-state index is 0.117. The number of hydrogen-bond donors (Lipinski definition) is 4. The highest BCUT2D eigenvalue weighted by Gasteiger charge is 2.55. The minimum atomic E-state index is -0.691. The van der Waals surface area contributed by atoms with Gasteiger partial charge in [0.05, 0.1) is 22.2 Å². The summed E-state index contributed by atoms with van der Waals surface area (Å²) in [7, 11) is 0. The van der Waals surface area contributed by atoms with Crippen LogP contribution in [0.2, 0.25) is 0 Å². The normalized spacial score (nSPS) is 26.3. The van der Waals surface area contributed by atoms with Crippen LogP contribution in [0.1, 0.15) is 98.6 Å². The molecule has 1 amide bonds. The number of amides is 1. The standard InChI is InChI=1S/C25H25N3O2.C17H18N2O3.C8H9N/c29-22(28-10-9-17-5-1-4-8-21(17)28)11-16-12-25(13-16)14-18(15-25)23-19-6-2-3-7-20(19)24(30)27-26-23;20-14(21)5-10-6-17(7-10)8-11(9-17)15-12-3-1-2-4-13(12)16(22)19-18-15;1-2-4-8-7(3-1)5-6-9-8/h1-8,16,18H,9-15H2,(H,27,30);1-4,10-11H,5-9H2,(H,19,22)(H,20,21);1-4,9H,5-6H2. The fourth-order valence-corrected chi connectivity index (χ4v) is 12.0. The van der Waals surface area contributed by atoms with Gasteiger partial charge >= 0.3 is 5.97 Å². The number of carboxylic acid groups (broad SMARTS) is 1. The monoisotopic (exact) mass is 816 g/mol. The summed E-state index contributed by atoms with van der Waals surface area (Å²) >= 11 is 0. The minimum Gasteiger partial charge on any atom is -0.481 e. The van der Waals surface area contributed by atoms with Crippen LogP contribution >= 0.6 is 0 Å². The molecule has 312 valence electrons. The fraction of sp³-hybridized carbons (Fsp3) is 0.400. The van der Waals surface area contributed by atoms with Gasteiger partial charge in [-0.25, -0.2) is 10.2 Å². The van der Waals surface area contributed by atoms with Gasteiger partial charge in [-0.1, -0.05) is 72.8 Å². The molecule has 12 rings (SSSR count). The van der Waals surface area contributed by atoms with Crippen LogP contribution in [-0.2, 0) is 22.4 Å². The van der Waals surface area contributed by atoms with Gasteiger partial charge in [-0.15, -0.1) is 0 Å². The first-order valence-electron chi connectivity index (χ1n) is 22.0. The van der Waals surface area contributed by atoms with Crippen molar-refractivity contribution in [3.63, 3.8) is 0 Å². The number of carboxylic acids is 1. The number of aliphatic carboxylic acids is 1. The second-order valence-corrected chi connectivity index (χ2v) is 18.8. The molecule has 0 unspecified atom stereocenters. The van der Waals surface area contributed by atoms with E-state index in [1.165, 1.54) is 23.2 Å². The molecule has 0 radical (unpaired) electrons. The largest absolute Gasteiger partial charge is 0.481 e.